The third kappa shape index (κ3) is 1.99. The minimum Gasteiger partial charge on any atom is -0.497 e. The van der Waals surface area contributed by atoms with E-state index in [1.807, 2.05) is 6.92 Å². The van der Waals surface area contributed by atoms with Gasteiger partial charge in [-0.3, -0.25) is 0 Å². The predicted molar refractivity (Wildman–Crippen MR) is 54.5 cm³/mol. The zero-order valence-corrected chi connectivity index (χ0v) is 7.92. The first-order valence-corrected chi connectivity index (χ1v) is 4.20. The molecule has 1 aromatic rings. The monoisotopic (exact) mass is 178 g/mol. The fourth-order valence-electron chi connectivity index (χ4n) is 1.11. The standard InChI is InChI=1S/C10H14N2O/c1-3-9(11)8-6-7(13-2)4-5-10(8)12/h4-6,11H,3,12H2,1-2H3. The minimum absolute atomic E-state index is 0.538. The van der Waals surface area contributed by atoms with Gasteiger partial charge in [-0.1, -0.05) is 6.92 Å². The Morgan fingerprint density at radius 1 is 1.54 bits per heavy atom. The van der Waals surface area contributed by atoms with Crippen molar-refractivity contribution in [2.75, 3.05) is 12.8 Å². The molecule has 3 nitrogen and oxygen atoms in total. The maximum absolute atomic E-state index is 7.66. The highest BCUT2D eigenvalue weighted by Gasteiger charge is 2.04. The molecule has 0 heterocycles. The summed E-state index contributed by atoms with van der Waals surface area (Å²) in [5, 5.41) is 7.66. The summed E-state index contributed by atoms with van der Waals surface area (Å²) in [6.45, 7) is 1.93. The number of hydrogen-bond acceptors (Lipinski definition) is 3. The number of nitrogens with one attached hydrogen (secondary N) is 1. The Hall–Kier alpha value is -1.51. The average molecular weight is 178 g/mol. The number of benzene rings is 1. The van der Waals surface area contributed by atoms with Crippen LogP contribution in [0.5, 0.6) is 5.75 Å². The van der Waals surface area contributed by atoms with Gasteiger partial charge in [0.1, 0.15) is 5.75 Å². The Bertz CT molecular complexity index is 321. The number of ether oxygens (including phenoxy) is 1. The van der Waals surface area contributed by atoms with Crippen LogP contribution in [0.4, 0.5) is 5.69 Å². The van der Waals surface area contributed by atoms with Gasteiger partial charge in [0.25, 0.3) is 0 Å². The lowest BCUT2D eigenvalue weighted by Crippen LogP contribution is -2.02. The molecule has 70 valence electrons. The van der Waals surface area contributed by atoms with Crippen molar-refractivity contribution in [1.82, 2.24) is 0 Å². The van der Waals surface area contributed by atoms with Crippen LogP contribution in [0.1, 0.15) is 18.9 Å². The molecule has 0 aliphatic rings. The fourth-order valence-corrected chi connectivity index (χ4v) is 1.11. The molecule has 0 amide bonds. The fraction of sp³-hybridized carbons (Fsp3) is 0.300. The molecule has 1 aromatic carbocycles. The van der Waals surface area contributed by atoms with Crippen molar-refractivity contribution in [3.8, 4) is 5.75 Å². The Kier molecular flexibility index (Phi) is 2.90. The molecular formula is C10H14N2O. The van der Waals surface area contributed by atoms with Crippen molar-refractivity contribution in [1.29, 1.82) is 5.41 Å². The van der Waals surface area contributed by atoms with E-state index in [-0.39, 0.29) is 0 Å². The highest BCUT2D eigenvalue weighted by molar-refractivity contribution is 6.02. The molecule has 0 aliphatic heterocycles. The smallest absolute Gasteiger partial charge is 0.119 e. The first kappa shape index (κ1) is 9.58. The zero-order valence-electron chi connectivity index (χ0n) is 7.92. The molecule has 0 aliphatic carbocycles. The first-order chi connectivity index (χ1) is 6.19. The highest BCUT2D eigenvalue weighted by Crippen LogP contribution is 2.20. The number of rotatable bonds is 3. The molecular weight excluding hydrogens is 164 g/mol. The number of hydrogen-bond donors (Lipinski definition) is 2. The topological polar surface area (TPSA) is 59.1 Å². The van der Waals surface area contributed by atoms with Crippen LogP contribution in [-0.4, -0.2) is 12.8 Å². The van der Waals surface area contributed by atoms with Gasteiger partial charge in [-0.05, 0) is 24.6 Å². The normalized spacial score (nSPS) is 9.69. The van der Waals surface area contributed by atoms with Crippen molar-refractivity contribution in [3.63, 3.8) is 0 Å². The van der Waals surface area contributed by atoms with Crippen LogP contribution in [0, 0.1) is 5.41 Å². The summed E-state index contributed by atoms with van der Waals surface area (Å²) in [7, 11) is 1.60. The molecule has 0 bridgehead atoms. The molecule has 0 unspecified atom stereocenters. The predicted octanol–water partition coefficient (Wildman–Crippen LogP) is 2.06. The van der Waals surface area contributed by atoms with E-state index in [0.717, 1.165) is 11.3 Å². The van der Waals surface area contributed by atoms with Crippen LogP contribution in [0.25, 0.3) is 0 Å². The van der Waals surface area contributed by atoms with Crippen molar-refractivity contribution in [2.24, 2.45) is 0 Å². The third-order valence-electron chi connectivity index (χ3n) is 1.94. The van der Waals surface area contributed by atoms with Gasteiger partial charge in [0, 0.05) is 17.0 Å². The third-order valence-corrected chi connectivity index (χ3v) is 1.94. The van der Waals surface area contributed by atoms with Gasteiger partial charge in [0.15, 0.2) is 0 Å². The van der Waals surface area contributed by atoms with Crippen LogP contribution in [0.15, 0.2) is 18.2 Å². The molecule has 3 N–H and O–H groups in total. The summed E-state index contributed by atoms with van der Waals surface area (Å²) in [5.74, 6) is 0.738. The van der Waals surface area contributed by atoms with E-state index in [9.17, 15) is 0 Å². The van der Waals surface area contributed by atoms with E-state index in [1.54, 1.807) is 25.3 Å². The van der Waals surface area contributed by atoms with Gasteiger partial charge >= 0.3 is 0 Å². The van der Waals surface area contributed by atoms with Gasteiger partial charge in [-0.2, -0.15) is 0 Å². The SMILES string of the molecule is CCC(=N)c1cc(OC)ccc1N. The Balaban J connectivity index is 3.11. The quantitative estimate of drug-likeness (QED) is 0.549. The summed E-state index contributed by atoms with van der Waals surface area (Å²) in [6.07, 6.45) is 0.678. The second kappa shape index (κ2) is 3.94. The molecule has 0 radical (unpaired) electrons. The maximum atomic E-state index is 7.66. The van der Waals surface area contributed by atoms with E-state index >= 15 is 0 Å². The number of anilines is 1. The lowest BCUT2D eigenvalue weighted by molar-refractivity contribution is 0.415. The van der Waals surface area contributed by atoms with E-state index < -0.39 is 0 Å². The van der Waals surface area contributed by atoms with Crippen LogP contribution in [0.3, 0.4) is 0 Å². The second-order valence-electron chi connectivity index (χ2n) is 2.79. The number of nitrogens with two attached hydrogens (primary N) is 1. The zero-order chi connectivity index (χ0) is 9.84. The molecule has 0 atom stereocenters. The largest absolute Gasteiger partial charge is 0.497 e. The number of nitrogen functional groups attached to an aromatic ring is 1. The van der Waals surface area contributed by atoms with Crippen LogP contribution >= 0.6 is 0 Å². The van der Waals surface area contributed by atoms with Crippen LogP contribution < -0.4 is 10.5 Å². The molecule has 13 heavy (non-hydrogen) atoms. The first-order valence-electron chi connectivity index (χ1n) is 4.20. The lowest BCUT2D eigenvalue weighted by Gasteiger charge is -2.07. The molecule has 1 rings (SSSR count). The molecule has 0 aromatic heterocycles. The Morgan fingerprint density at radius 2 is 2.23 bits per heavy atom. The lowest BCUT2D eigenvalue weighted by atomic mass is 10.1. The Morgan fingerprint density at radius 3 is 2.77 bits per heavy atom. The van der Waals surface area contributed by atoms with Crippen LogP contribution in [-0.2, 0) is 0 Å². The maximum Gasteiger partial charge on any atom is 0.119 e. The van der Waals surface area contributed by atoms with Crippen molar-refractivity contribution in [2.45, 2.75) is 13.3 Å². The molecule has 0 spiro atoms. The summed E-state index contributed by atoms with van der Waals surface area (Å²) in [4.78, 5) is 0. The second-order valence-corrected chi connectivity index (χ2v) is 2.79. The van der Waals surface area contributed by atoms with E-state index in [1.165, 1.54) is 0 Å². The van der Waals surface area contributed by atoms with Gasteiger partial charge in [-0.15, -0.1) is 0 Å². The van der Waals surface area contributed by atoms with Crippen molar-refractivity contribution >= 4 is 11.4 Å². The van der Waals surface area contributed by atoms with Gasteiger partial charge in [0.05, 0.1) is 7.11 Å². The van der Waals surface area contributed by atoms with E-state index in [4.69, 9.17) is 15.9 Å². The van der Waals surface area contributed by atoms with E-state index in [0.29, 0.717) is 17.8 Å². The summed E-state index contributed by atoms with van der Waals surface area (Å²) < 4.78 is 5.05. The molecule has 0 saturated heterocycles. The Labute approximate surface area is 78.0 Å². The van der Waals surface area contributed by atoms with Gasteiger partial charge < -0.3 is 15.9 Å². The van der Waals surface area contributed by atoms with Crippen LogP contribution in [0.2, 0.25) is 0 Å². The van der Waals surface area contributed by atoms with Gasteiger partial charge in [0.2, 0.25) is 0 Å². The average Bonchev–Trinajstić information content (AvgIpc) is 2.17. The van der Waals surface area contributed by atoms with E-state index in [2.05, 4.69) is 0 Å². The molecule has 3 heteroatoms. The highest BCUT2D eigenvalue weighted by atomic mass is 16.5. The summed E-state index contributed by atoms with van der Waals surface area (Å²) >= 11 is 0. The van der Waals surface area contributed by atoms with Crippen molar-refractivity contribution < 1.29 is 4.74 Å². The van der Waals surface area contributed by atoms with Crippen molar-refractivity contribution in [3.05, 3.63) is 23.8 Å². The van der Waals surface area contributed by atoms with Gasteiger partial charge in [-0.25, -0.2) is 0 Å². The molecule has 0 fully saturated rings. The minimum atomic E-state index is 0.538. The summed E-state index contributed by atoms with van der Waals surface area (Å²) in [6, 6.07) is 5.35. The molecule has 0 saturated carbocycles. The summed E-state index contributed by atoms with van der Waals surface area (Å²) in [5.41, 5.74) is 7.66. The number of methoxy groups -OCH3 is 1.